The third kappa shape index (κ3) is 3.18. The number of piperazine rings is 1. The van der Waals surface area contributed by atoms with E-state index in [9.17, 15) is 4.79 Å². The number of fused-ring (bicyclic) bond motifs is 1. The fourth-order valence-electron chi connectivity index (χ4n) is 4.07. The summed E-state index contributed by atoms with van der Waals surface area (Å²) < 4.78 is 1.74. The molecule has 0 aliphatic carbocycles. The molecule has 0 N–H and O–H groups in total. The van der Waals surface area contributed by atoms with Crippen LogP contribution in [0.4, 0.5) is 5.82 Å². The highest BCUT2D eigenvalue weighted by atomic mass is 16.2. The van der Waals surface area contributed by atoms with Gasteiger partial charge in [0.2, 0.25) is 0 Å². The predicted molar refractivity (Wildman–Crippen MR) is 116 cm³/mol. The Hall–Kier alpha value is -3.74. The molecule has 1 aliphatic rings. The lowest BCUT2D eigenvalue weighted by Crippen LogP contribution is -2.54. The van der Waals surface area contributed by atoms with Gasteiger partial charge in [0.25, 0.3) is 5.91 Å². The number of rotatable bonds is 3. The van der Waals surface area contributed by atoms with E-state index >= 15 is 0 Å². The largest absolute Gasteiger partial charge is 0.348 e. The molecule has 7 heteroatoms. The van der Waals surface area contributed by atoms with Crippen LogP contribution in [0.1, 0.15) is 17.3 Å². The number of hydrogen-bond donors (Lipinski definition) is 0. The number of anilines is 1. The van der Waals surface area contributed by atoms with E-state index in [1.165, 1.54) is 0 Å². The van der Waals surface area contributed by atoms with Crippen molar-refractivity contribution in [3.63, 3.8) is 0 Å². The van der Waals surface area contributed by atoms with Gasteiger partial charge in [-0.15, -0.1) is 10.2 Å². The van der Waals surface area contributed by atoms with Crippen LogP contribution in [0.3, 0.4) is 0 Å². The van der Waals surface area contributed by atoms with Crippen LogP contribution in [0.15, 0.2) is 73.1 Å². The molecule has 0 radical (unpaired) electrons. The minimum Gasteiger partial charge on any atom is -0.348 e. The van der Waals surface area contributed by atoms with Crippen molar-refractivity contribution in [2.24, 2.45) is 0 Å². The summed E-state index contributed by atoms with van der Waals surface area (Å²) in [6.07, 6.45) is 3.60. The van der Waals surface area contributed by atoms with E-state index in [0.717, 1.165) is 22.2 Å². The van der Waals surface area contributed by atoms with Gasteiger partial charge in [0.1, 0.15) is 0 Å². The maximum atomic E-state index is 12.8. The average molecular weight is 398 g/mol. The first-order chi connectivity index (χ1) is 14.7. The first kappa shape index (κ1) is 18.3. The van der Waals surface area contributed by atoms with Crippen molar-refractivity contribution in [1.29, 1.82) is 0 Å². The van der Waals surface area contributed by atoms with E-state index in [1.807, 2.05) is 65.7 Å². The SMILES string of the molecule is CC1CN(C(=O)c2ccccc2)CCN1c1nnc(-n2cccn2)c2ccccc12. The fraction of sp³-hybridized carbons (Fsp3) is 0.217. The molecular weight excluding hydrogens is 376 g/mol. The van der Waals surface area contributed by atoms with Gasteiger partial charge in [-0.25, -0.2) is 4.68 Å². The molecule has 1 unspecified atom stereocenters. The Labute approximate surface area is 174 Å². The third-order valence-electron chi connectivity index (χ3n) is 5.58. The van der Waals surface area contributed by atoms with E-state index in [1.54, 1.807) is 10.9 Å². The Balaban J connectivity index is 1.44. The number of carbonyl (C=O) groups excluding carboxylic acids is 1. The zero-order valence-corrected chi connectivity index (χ0v) is 16.7. The summed E-state index contributed by atoms with van der Waals surface area (Å²) in [5.41, 5.74) is 0.729. The average Bonchev–Trinajstić information content (AvgIpc) is 3.33. The van der Waals surface area contributed by atoms with Crippen LogP contribution >= 0.6 is 0 Å². The van der Waals surface area contributed by atoms with E-state index in [0.29, 0.717) is 25.5 Å². The molecule has 1 aliphatic heterocycles. The molecule has 1 fully saturated rings. The minimum absolute atomic E-state index is 0.0760. The van der Waals surface area contributed by atoms with E-state index < -0.39 is 0 Å². The molecule has 0 bridgehead atoms. The molecule has 3 heterocycles. The smallest absolute Gasteiger partial charge is 0.253 e. The maximum absolute atomic E-state index is 12.8. The molecule has 30 heavy (non-hydrogen) atoms. The second kappa shape index (κ2) is 7.59. The second-order valence-electron chi connectivity index (χ2n) is 7.50. The standard InChI is InChI=1S/C23H22N6O/c1-17-16-27(23(30)18-8-3-2-4-9-18)14-15-28(17)21-19-10-5-6-11-20(19)22(26-25-21)29-13-7-12-24-29/h2-13,17H,14-16H2,1H3. The summed E-state index contributed by atoms with van der Waals surface area (Å²) in [6.45, 7) is 4.13. The Kier molecular flexibility index (Phi) is 4.63. The van der Waals surface area contributed by atoms with Crippen molar-refractivity contribution in [2.45, 2.75) is 13.0 Å². The minimum atomic E-state index is 0.0760. The van der Waals surface area contributed by atoms with Gasteiger partial charge in [-0.1, -0.05) is 42.5 Å². The first-order valence-corrected chi connectivity index (χ1v) is 10.1. The zero-order valence-electron chi connectivity index (χ0n) is 16.7. The van der Waals surface area contributed by atoms with Crippen molar-refractivity contribution in [3.8, 4) is 5.82 Å². The van der Waals surface area contributed by atoms with Crippen LogP contribution in [-0.4, -0.2) is 56.5 Å². The second-order valence-corrected chi connectivity index (χ2v) is 7.50. The maximum Gasteiger partial charge on any atom is 0.253 e. The summed E-state index contributed by atoms with van der Waals surface area (Å²) >= 11 is 0. The Bertz CT molecular complexity index is 1180. The number of carbonyl (C=O) groups is 1. The molecular formula is C23H22N6O. The Morgan fingerprint density at radius 3 is 2.30 bits per heavy atom. The summed E-state index contributed by atoms with van der Waals surface area (Å²) in [4.78, 5) is 17.0. The first-order valence-electron chi connectivity index (χ1n) is 10.1. The highest BCUT2D eigenvalue weighted by molar-refractivity contribution is 5.97. The summed E-state index contributed by atoms with van der Waals surface area (Å²) in [6, 6.07) is 19.6. The van der Waals surface area contributed by atoms with Gasteiger partial charge in [-0.05, 0) is 25.1 Å². The molecule has 4 aromatic rings. The Morgan fingerprint density at radius 2 is 1.60 bits per heavy atom. The zero-order chi connectivity index (χ0) is 20.5. The molecule has 1 atom stereocenters. The van der Waals surface area contributed by atoms with Crippen molar-refractivity contribution in [1.82, 2.24) is 24.9 Å². The lowest BCUT2D eigenvalue weighted by molar-refractivity contribution is 0.0726. The number of nitrogens with zero attached hydrogens (tertiary/aromatic N) is 6. The number of benzene rings is 2. The topological polar surface area (TPSA) is 67.2 Å². The van der Waals surface area contributed by atoms with Gasteiger partial charge in [-0.2, -0.15) is 5.10 Å². The van der Waals surface area contributed by atoms with Gasteiger partial charge in [-0.3, -0.25) is 4.79 Å². The summed E-state index contributed by atoms with van der Waals surface area (Å²) in [5, 5.41) is 15.4. The molecule has 1 saturated heterocycles. The van der Waals surface area contributed by atoms with Crippen molar-refractivity contribution in [3.05, 3.63) is 78.6 Å². The van der Waals surface area contributed by atoms with Gasteiger partial charge in [0.05, 0.1) is 0 Å². The quantitative estimate of drug-likeness (QED) is 0.530. The van der Waals surface area contributed by atoms with Crippen molar-refractivity contribution < 1.29 is 4.79 Å². The van der Waals surface area contributed by atoms with Crippen LogP contribution < -0.4 is 4.90 Å². The normalized spacial score (nSPS) is 16.8. The molecule has 150 valence electrons. The number of aromatic nitrogens is 4. The highest BCUT2D eigenvalue weighted by Gasteiger charge is 2.29. The summed E-state index contributed by atoms with van der Waals surface area (Å²) in [7, 11) is 0. The Morgan fingerprint density at radius 1 is 0.900 bits per heavy atom. The molecule has 0 spiro atoms. The van der Waals surface area contributed by atoms with E-state index in [4.69, 9.17) is 0 Å². The van der Waals surface area contributed by atoms with Gasteiger partial charge in [0.15, 0.2) is 11.6 Å². The molecule has 5 rings (SSSR count). The van der Waals surface area contributed by atoms with Crippen LogP contribution in [-0.2, 0) is 0 Å². The van der Waals surface area contributed by atoms with Crippen LogP contribution in [0, 0.1) is 0 Å². The predicted octanol–water partition coefficient (Wildman–Crippen LogP) is 3.17. The van der Waals surface area contributed by atoms with Gasteiger partial charge in [0, 0.05) is 54.4 Å². The molecule has 0 saturated carbocycles. The summed E-state index contributed by atoms with van der Waals surface area (Å²) in [5.74, 6) is 1.64. The lowest BCUT2D eigenvalue weighted by atomic mass is 10.1. The van der Waals surface area contributed by atoms with Gasteiger partial charge < -0.3 is 9.80 Å². The number of hydrogen-bond acceptors (Lipinski definition) is 5. The molecule has 1 amide bonds. The van der Waals surface area contributed by atoms with Crippen LogP contribution in [0.2, 0.25) is 0 Å². The van der Waals surface area contributed by atoms with Crippen molar-refractivity contribution in [2.75, 3.05) is 24.5 Å². The van der Waals surface area contributed by atoms with Crippen LogP contribution in [0.25, 0.3) is 16.6 Å². The van der Waals surface area contributed by atoms with Crippen LogP contribution in [0.5, 0.6) is 0 Å². The van der Waals surface area contributed by atoms with Gasteiger partial charge >= 0.3 is 0 Å². The van der Waals surface area contributed by atoms with E-state index in [2.05, 4.69) is 33.2 Å². The molecule has 2 aromatic heterocycles. The van der Waals surface area contributed by atoms with Crippen molar-refractivity contribution >= 4 is 22.5 Å². The third-order valence-corrected chi connectivity index (χ3v) is 5.58. The molecule has 7 nitrogen and oxygen atoms in total. The molecule has 2 aromatic carbocycles. The monoisotopic (exact) mass is 398 g/mol. The highest BCUT2D eigenvalue weighted by Crippen LogP contribution is 2.30. The van der Waals surface area contributed by atoms with E-state index in [-0.39, 0.29) is 11.9 Å². The fourth-order valence-corrected chi connectivity index (χ4v) is 4.07. The number of amides is 1. The lowest BCUT2D eigenvalue weighted by Gasteiger charge is -2.40.